The third-order valence-electron chi connectivity index (χ3n) is 1.01. The van der Waals surface area contributed by atoms with Crippen LogP contribution in [0.2, 0.25) is 0 Å². The summed E-state index contributed by atoms with van der Waals surface area (Å²) in [4.78, 5) is 18.9. The molecule has 0 atom stereocenters. The molecule has 54 valence electrons. The number of carbonyl (C=O) groups excluding carboxylic acids is 2. The van der Waals surface area contributed by atoms with E-state index in [4.69, 9.17) is 4.79 Å². The summed E-state index contributed by atoms with van der Waals surface area (Å²) in [5, 5.41) is 1.92. The molecule has 2 nitrogen and oxygen atoms in total. The number of rotatable bonds is 1. The summed E-state index contributed by atoms with van der Waals surface area (Å²) in [6.45, 7) is 3.93. The van der Waals surface area contributed by atoms with Gasteiger partial charge in [-0.05, 0) is 23.9 Å². The van der Waals surface area contributed by atoms with Crippen LogP contribution in [0.3, 0.4) is 0 Å². The fourth-order valence-corrected chi connectivity index (χ4v) is 1.23. The molecule has 0 saturated carbocycles. The summed E-state index contributed by atoms with van der Waals surface area (Å²) < 4.78 is 0. The maximum Gasteiger partial charge on any atom is 0.160 e. The molecule has 0 spiro atoms. The monoisotopic (exact) mass is 156 g/mol. The molecule has 0 amide bonds. The molecular weight excluding hydrogens is 148 g/mol. The molecule has 0 aromatic carbocycles. The van der Waals surface area contributed by atoms with E-state index in [-0.39, 0.29) is 0 Å². The zero-order valence-electron chi connectivity index (χ0n) is 5.66. The highest BCUT2D eigenvalue weighted by Crippen LogP contribution is 2.11. The Bertz CT molecular complexity index is 205. The van der Waals surface area contributed by atoms with Gasteiger partial charge in [0.15, 0.2) is 6.29 Å². The molecule has 0 aliphatic carbocycles. The summed E-state index contributed by atoms with van der Waals surface area (Å²) in [5.74, 6) is 0. The van der Waals surface area contributed by atoms with E-state index >= 15 is 0 Å². The molecule has 0 saturated heterocycles. The van der Waals surface area contributed by atoms with Crippen molar-refractivity contribution in [3.05, 3.63) is 21.9 Å². The first-order valence-corrected chi connectivity index (χ1v) is 3.50. The van der Waals surface area contributed by atoms with E-state index in [2.05, 4.69) is 0 Å². The maximum absolute atomic E-state index is 10.1. The second-order valence-electron chi connectivity index (χ2n) is 1.59. The van der Waals surface area contributed by atoms with Crippen LogP contribution in [0.5, 0.6) is 0 Å². The van der Waals surface area contributed by atoms with Gasteiger partial charge in [0.25, 0.3) is 0 Å². The van der Waals surface area contributed by atoms with Gasteiger partial charge in [-0.25, -0.2) is 0 Å². The van der Waals surface area contributed by atoms with Crippen molar-refractivity contribution in [2.24, 2.45) is 0 Å². The molecule has 0 unspecified atom stereocenters. The quantitative estimate of drug-likeness (QED) is 0.580. The summed E-state index contributed by atoms with van der Waals surface area (Å²) in [6.07, 6.45) is 0.889. The molecule has 10 heavy (non-hydrogen) atoms. The van der Waals surface area contributed by atoms with Gasteiger partial charge in [0.05, 0.1) is 4.88 Å². The first kappa shape index (κ1) is 9.04. The predicted octanol–water partition coefficient (Wildman–Crippen LogP) is 1.68. The van der Waals surface area contributed by atoms with Crippen molar-refractivity contribution in [2.45, 2.75) is 6.92 Å². The Morgan fingerprint density at radius 2 is 2.20 bits per heavy atom. The zero-order chi connectivity index (χ0) is 7.98. The zero-order valence-corrected chi connectivity index (χ0v) is 6.48. The highest BCUT2D eigenvalue weighted by molar-refractivity contribution is 7.11. The van der Waals surface area contributed by atoms with Crippen molar-refractivity contribution in [3.8, 4) is 0 Å². The van der Waals surface area contributed by atoms with E-state index in [1.807, 2.05) is 25.2 Å². The van der Waals surface area contributed by atoms with Gasteiger partial charge in [-0.15, -0.1) is 11.3 Å². The number of thiophene rings is 1. The molecule has 3 heteroatoms. The molecule has 0 aliphatic rings. The lowest BCUT2D eigenvalue weighted by Gasteiger charge is -1.79. The maximum atomic E-state index is 10.1. The van der Waals surface area contributed by atoms with Crippen LogP contribution >= 0.6 is 11.3 Å². The molecule has 0 N–H and O–H groups in total. The minimum absolute atomic E-state index is 0.838. The van der Waals surface area contributed by atoms with E-state index in [1.165, 1.54) is 11.3 Å². The van der Waals surface area contributed by atoms with Crippen LogP contribution in [-0.4, -0.2) is 13.1 Å². The smallest absolute Gasteiger partial charge is 0.160 e. The first-order valence-electron chi connectivity index (χ1n) is 2.62. The van der Waals surface area contributed by atoms with Crippen molar-refractivity contribution in [1.82, 2.24) is 0 Å². The molecule has 1 aromatic heterocycles. The second-order valence-corrected chi connectivity index (χ2v) is 2.53. The summed E-state index contributed by atoms with van der Waals surface area (Å²) >= 11 is 1.48. The van der Waals surface area contributed by atoms with Crippen molar-refractivity contribution in [1.29, 1.82) is 0 Å². The molecule has 0 radical (unpaired) electrons. The largest absolute Gasteiger partial charge is 0.307 e. The predicted molar refractivity (Wildman–Crippen MR) is 41.6 cm³/mol. The average Bonchev–Trinajstić information content (AvgIpc) is 2.39. The van der Waals surface area contributed by atoms with E-state index < -0.39 is 0 Å². The lowest BCUT2D eigenvalue weighted by atomic mass is 10.3. The van der Waals surface area contributed by atoms with E-state index in [1.54, 1.807) is 0 Å². The van der Waals surface area contributed by atoms with Crippen LogP contribution in [0.1, 0.15) is 15.2 Å². The molecular formula is C7H8O2S. The van der Waals surface area contributed by atoms with Gasteiger partial charge in [0.1, 0.15) is 6.79 Å². The van der Waals surface area contributed by atoms with Gasteiger partial charge in [-0.2, -0.15) is 0 Å². The fourth-order valence-electron chi connectivity index (χ4n) is 0.505. The Hall–Kier alpha value is -0.960. The van der Waals surface area contributed by atoms with E-state index in [0.29, 0.717) is 0 Å². The average molecular weight is 156 g/mol. The number of aldehydes is 1. The summed E-state index contributed by atoms with van der Waals surface area (Å²) in [6, 6.07) is 1.94. The molecule has 0 aliphatic heterocycles. The van der Waals surface area contributed by atoms with Gasteiger partial charge < -0.3 is 4.79 Å². The van der Waals surface area contributed by atoms with Crippen LogP contribution in [0.25, 0.3) is 0 Å². The first-order chi connectivity index (χ1) is 4.84. The third kappa shape index (κ3) is 2.11. The third-order valence-corrected chi connectivity index (χ3v) is 1.95. The standard InChI is InChI=1S/C6H6OS.CH2O/c1-5-2-3-8-6(5)4-7;1-2/h2-4H,1H3;1H2. The lowest BCUT2D eigenvalue weighted by Crippen LogP contribution is -1.72. The minimum Gasteiger partial charge on any atom is -0.307 e. The molecule has 1 heterocycles. The Morgan fingerprint density at radius 1 is 1.60 bits per heavy atom. The molecule has 0 fully saturated rings. The Labute approximate surface area is 63.5 Å². The lowest BCUT2D eigenvalue weighted by molar-refractivity contribution is -0.0979. The number of aryl methyl sites for hydroxylation is 1. The van der Waals surface area contributed by atoms with Gasteiger partial charge in [0.2, 0.25) is 0 Å². The van der Waals surface area contributed by atoms with Gasteiger partial charge >= 0.3 is 0 Å². The van der Waals surface area contributed by atoms with Gasteiger partial charge in [0, 0.05) is 0 Å². The SMILES string of the molecule is C=O.Cc1ccsc1C=O. The van der Waals surface area contributed by atoms with Crippen LogP contribution in [-0.2, 0) is 4.79 Å². The Morgan fingerprint density at radius 3 is 2.40 bits per heavy atom. The number of hydrogen-bond donors (Lipinski definition) is 0. The van der Waals surface area contributed by atoms with Crippen molar-refractivity contribution < 1.29 is 9.59 Å². The fraction of sp³-hybridized carbons (Fsp3) is 0.143. The summed E-state index contributed by atoms with van der Waals surface area (Å²) in [7, 11) is 0. The van der Waals surface area contributed by atoms with E-state index in [0.717, 1.165) is 16.7 Å². The Balaban J connectivity index is 0.000000371. The van der Waals surface area contributed by atoms with E-state index in [9.17, 15) is 4.79 Å². The number of hydrogen-bond acceptors (Lipinski definition) is 3. The normalized spacial score (nSPS) is 7.70. The van der Waals surface area contributed by atoms with Crippen LogP contribution in [0.15, 0.2) is 11.4 Å². The van der Waals surface area contributed by atoms with Gasteiger partial charge in [-0.3, -0.25) is 4.79 Å². The number of carbonyl (C=O) groups is 2. The summed E-state index contributed by atoms with van der Waals surface area (Å²) in [5.41, 5.74) is 1.07. The molecule has 1 aromatic rings. The minimum atomic E-state index is 0.838. The van der Waals surface area contributed by atoms with Crippen LogP contribution in [0.4, 0.5) is 0 Å². The molecule has 1 rings (SSSR count). The van der Waals surface area contributed by atoms with Gasteiger partial charge in [-0.1, -0.05) is 0 Å². The highest BCUT2D eigenvalue weighted by Gasteiger charge is 1.93. The van der Waals surface area contributed by atoms with Crippen molar-refractivity contribution in [3.63, 3.8) is 0 Å². The van der Waals surface area contributed by atoms with Crippen molar-refractivity contribution >= 4 is 24.4 Å². The van der Waals surface area contributed by atoms with Crippen molar-refractivity contribution in [2.75, 3.05) is 0 Å². The second kappa shape index (κ2) is 4.88. The van der Waals surface area contributed by atoms with Crippen LogP contribution < -0.4 is 0 Å². The highest BCUT2D eigenvalue weighted by atomic mass is 32.1. The van der Waals surface area contributed by atoms with Crippen LogP contribution in [0, 0.1) is 6.92 Å². The topological polar surface area (TPSA) is 34.1 Å². The Kier molecular flexibility index (Phi) is 4.41. The molecule has 0 bridgehead atoms.